The average Bonchev–Trinajstić information content (AvgIpc) is 2.46. The second-order valence-corrected chi connectivity index (χ2v) is 4.67. The number of nitrogens with zero attached hydrogens (tertiary/aromatic N) is 2. The Morgan fingerprint density at radius 1 is 1.16 bits per heavy atom. The summed E-state index contributed by atoms with van der Waals surface area (Å²) >= 11 is 0. The normalized spacial score (nSPS) is 15.7. The van der Waals surface area contributed by atoms with E-state index in [0.717, 1.165) is 18.8 Å². The van der Waals surface area contributed by atoms with Crippen LogP contribution in [0.4, 0.5) is 10.1 Å². The molecule has 0 saturated carbocycles. The molecular weight excluding hydrogens is 247 g/mol. The average molecular weight is 266 g/mol. The van der Waals surface area contributed by atoms with Gasteiger partial charge in [0.2, 0.25) is 5.91 Å². The first kappa shape index (κ1) is 13.8. The third-order valence-electron chi connectivity index (χ3n) is 3.37. The molecule has 0 atom stereocenters. The summed E-state index contributed by atoms with van der Waals surface area (Å²) in [7, 11) is 0. The predicted octanol–water partition coefficient (Wildman–Crippen LogP) is 1.25. The van der Waals surface area contributed by atoms with Crippen LogP contribution in [0, 0.1) is 5.82 Å². The molecule has 0 spiro atoms. The number of amides is 1. The number of rotatable bonds is 4. The molecule has 1 heterocycles. The van der Waals surface area contributed by atoms with Crippen molar-refractivity contribution in [1.82, 2.24) is 4.90 Å². The van der Waals surface area contributed by atoms with E-state index in [1.165, 1.54) is 12.1 Å². The third kappa shape index (κ3) is 3.67. The summed E-state index contributed by atoms with van der Waals surface area (Å²) < 4.78 is 12.8. The Morgan fingerprint density at radius 2 is 1.79 bits per heavy atom. The van der Waals surface area contributed by atoms with Crippen LogP contribution in [-0.2, 0) is 4.79 Å². The predicted molar refractivity (Wildman–Crippen MR) is 71.5 cm³/mol. The van der Waals surface area contributed by atoms with Gasteiger partial charge in [0, 0.05) is 44.9 Å². The van der Waals surface area contributed by atoms with Gasteiger partial charge in [-0.15, -0.1) is 0 Å². The zero-order chi connectivity index (χ0) is 13.7. The molecule has 19 heavy (non-hydrogen) atoms. The second kappa shape index (κ2) is 6.52. The number of hydrogen-bond acceptors (Lipinski definition) is 3. The van der Waals surface area contributed by atoms with E-state index in [1.807, 2.05) is 4.90 Å². The van der Waals surface area contributed by atoms with Crippen LogP contribution >= 0.6 is 0 Å². The maximum atomic E-state index is 12.8. The van der Waals surface area contributed by atoms with Crippen molar-refractivity contribution in [2.24, 2.45) is 0 Å². The lowest BCUT2D eigenvalue weighted by atomic mass is 10.2. The summed E-state index contributed by atoms with van der Waals surface area (Å²) in [5, 5.41) is 8.72. The minimum absolute atomic E-state index is 0.0568. The number of aliphatic hydroxyl groups excluding tert-OH is 1. The van der Waals surface area contributed by atoms with E-state index in [-0.39, 0.29) is 18.3 Å². The highest BCUT2D eigenvalue weighted by Gasteiger charge is 2.20. The molecule has 0 bridgehead atoms. The number of piperazine rings is 1. The van der Waals surface area contributed by atoms with Crippen LogP contribution in [0.15, 0.2) is 24.3 Å². The van der Waals surface area contributed by atoms with Crippen molar-refractivity contribution < 1.29 is 14.3 Å². The van der Waals surface area contributed by atoms with Crippen LogP contribution in [-0.4, -0.2) is 48.7 Å². The van der Waals surface area contributed by atoms with Crippen molar-refractivity contribution in [1.29, 1.82) is 0 Å². The lowest BCUT2D eigenvalue weighted by Gasteiger charge is -2.36. The first-order valence-corrected chi connectivity index (χ1v) is 6.60. The van der Waals surface area contributed by atoms with Gasteiger partial charge >= 0.3 is 0 Å². The molecule has 2 rings (SSSR count). The van der Waals surface area contributed by atoms with E-state index in [9.17, 15) is 9.18 Å². The van der Waals surface area contributed by atoms with Crippen molar-refractivity contribution in [2.75, 3.05) is 37.7 Å². The van der Waals surface area contributed by atoms with Crippen molar-refractivity contribution in [3.8, 4) is 0 Å². The summed E-state index contributed by atoms with van der Waals surface area (Å²) in [6.07, 6.45) is 0.935. The Labute approximate surface area is 112 Å². The van der Waals surface area contributed by atoms with Gasteiger partial charge in [-0.25, -0.2) is 4.39 Å². The van der Waals surface area contributed by atoms with E-state index in [0.29, 0.717) is 25.9 Å². The topological polar surface area (TPSA) is 43.8 Å². The van der Waals surface area contributed by atoms with E-state index in [2.05, 4.69) is 4.90 Å². The highest BCUT2D eigenvalue weighted by molar-refractivity contribution is 5.76. The van der Waals surface area contributed by atoms with Gasteiger partial charge in [0.1, 0.15) is 5.82 Å². The Balaban J connectivity index is 1.85. The third-order valence-corrected chi connectivity index (χ3v) is 3.37. The molecule has 1 aromatic carbocycles. The summed E-state index contributed by atoms with van der Waals surface area (Å²) in [6, 6.07) is 6.43. The van der Waals surface area contributed by atoms with Crippen LogP contribution < -0.4 is 4.90 Å². The number of hydrogen-bond donors (Lipinski definition) is 1. The number of benzene rings is 1. The number of halogens is 1. The summed E-state index contributed by atoms with van der Waals surface area (Å²) in [5.74, 6) is -0.130. The molecule has 1 aromatic rings. The largest absolute Gasteiger partial charge is 0.396 e. The zero-order valence-corrected chi connectivity index (χ0v) is 10.9. The van der Waals surface area contributed by atoms with Crippen molar-refractivity contribution in [3.63, 3.8) is 0 Å². The first-order valence-electron chi connectivity index (χ1n) is 6.60. The lowest BCUT2D eigenvalue weighted by Crippen LogP contribution is -2.48. The van der Waals surface area contributed by atoms with E-state index in [4.69, 9.17) is 5.11 Å². The lowest BCUT2D eigenvalue weighted by molar-refractivity contribution is -0.131. The molecule has 104 valence electrons. The molecule has 0 aliphatic carbocycles. The maximum Gasteiger partial charge on any atom is 0.222 e. The monoisotopic (exact) mass is 266 g/mol. The SMILES string of the molecule is O=C(CCCO)N1CCN(c2ccc(F)cc2)CC1. The van der Waals surface area contributed by atoms with Crippen LogP contribution in [0.1, 0.15) is 12.8 Å². The van der Waals surface area contributed by atoms with Gasteiger partial charge in [-0.1, -0.05) is 0 Å². The smallest absolute Gasteiger partial charge is 0.222 e. The van der Waals surface area contributed by atoms with Gasteiger partial charge in [0.15, 0.2) is 0 Å². The zero-order valence-electron chi connectivity index (χ0n) is 10.9. The first-order chi connectivity index (χ1) is 9.20. The number of carbonyl (C=O) groups is 1. The number of aliphatic hydroxyl groups is 1. The van der Waals surface area contributed by atoms with Gasteiger partial charge in [-0.05, 0) is 30.7 Å². The highest BCUT2D eigenvalue weighted by atomic mass is 19.1. The van der Waals surface area contributed by atoms with Crippen LogP contribution in [0.25, 0.3) is 0 Å². The standard InChI is InChI=1S/C14H19FN2O2/c15-12-3-5-13(6-4-12)16-7-9-17(10-8-16)14(19)2-1-11-18/h3-6,18H,1-2,7-11H2. The van der Waals surface area contributed by atoms with Gasteiger partial charge in [0.05, 0.1) is 0 Å². The van der Waals surface area contributed by atoms with E-state index >= 15 is 0 Å². The van der Waals surface area contributed by atoms with Gasteiger partial charge in [-0.3, -0.25) is 4.79 Å². The number of carbonyl (C=O) groups excluding carboxylic acids is 1. The molecular formula is C14H19FN2O2. The second-order valence-electron chi connectivity index (χ2n) is 4.67. The fraction of sp³-hybridized carbons (Fsp3) is 0.500. The fourth-order valence-corrected chi connectivity index (χ4v) is 2.25. The molecule has 4 nitrogen and oxygen atoms in total. The Kier molecular flexibility index (Phi) is 4.74. The minimum Gasteiger partial charge on any atom is -0.396 e. The molecule has 1 aliphatic rings. The Morgan fingerprint density at radius 3 is 2.37 bits per heavy atom. The van der Waals surface area contributed by atoms with Gasteiger partial charge < -0.3 is 14.9 Å². The minimum atomic E-state index is -0.235. The maximum absolute atomic E-state index is 12.8. The van der Waals surface area contributed by atoms with Gasteiger partial charge in [-0.2, -0.15) is 0 Å². The molecule has 1 saturated heterocycles. The summed E-state index contributed by atoms with van der Waals surface area (Å²) in [5.41, 5.74) is 0.990. The molecule has 1 N–H and O–H groups in total. The molecule has 1 fully saturated rings. The molecule has 1 aliphatic heterocycles. The van der Waals surface area contributed by atoms with Crippen molar-refractivity contribution >= 4 is 11.6 Å². The van der Waals surface area contributed by atoms with Crippen LogP contribution in [0.5, 0.6) is 0 Å². The number of anilines is 1. The van der Waals surface area contributed by atoms with Crippen LogP contribution in [0.3, 0.4) is 0 Å². The highest BCUT2D eigenvalue weighted by Crippen LogP contribution is 2.17. The molecule has 0 aromatic heterocycles. The fourth-order valence-electron chi connectivity index (χ4n) is 2.25. The van der Waals surface area contributed by atoms with Gasteiger partial charge in [0.25, 0.3) is 0 Å². The summed E-state index contributed by atoms with van der Waals surface area (Å²) in [4.78, 5) is 15.8. The Hall–Kier alpha value is -1.62. The quantitative estimate of drug-likeness (QED) is 0.892. The van der Waals surface area contributed by atoms with Crippen molar-refractivity contribution in [2.45, 2.75) is 12.8 Å². The van der Waals surface area contributed by atoms with Crippen molar-refractivity contribution in [3.05, 3.63) is 30.1 Å². The molecule has 5 heteroatoms. The van der Waals surface area contributed by atoms with E-state index < -0.39 is 0 Å². The molecule has 0 unspecified atom stereocenters. The van der Waals surface area contributed by atoms with E-state index in [1.54, 1.807) is 12.1 Å². The molecule has 1 amide bonds. The van der Waals surface area contributed by atoms with Crippen LogP contribution in [0.2, 0.25) is 0 Å². The summed E-state index contributed by atoms with van der Waals surface area (Å²) in [6.45, 7) is 2.94. The Bertz CT molecular complexity index is 414. The molecule has 0 radical (unpaired) electrons.